The first-order valence-corrected chi connectivity index (χ1v) is 8.93. The first-order valence-electron chi connectivity index (χ1n) is 8.55. The maximum Gasteiger partial charge on any atom is 0.341 e. The summed E-state index contributed by atoms with van der Waals surface area (Å²) < 4.78 is 9.84. The Kier molecular flexibility index (Phi) is 8.31. The number of esters is 1. The molecule has 5 nitrogen and oxygen atoms in total. The van der Waals surface area contributed by atoms with Crippen LogP contribution in [-0.2, 0) is 25.7 Å². The van der Waals surface area contributed by atoms with E-state index in [4.69, 9.17) is 25.9 Å². The number of halogens is 1. The van der Waals surface area contributed by atoms with Crippen LogP contribution in [0.1, 0.15) is 23.6 Å². The number of allylic oxidation sites excluding steroid dienone is 1. The third-order valence-corrected chi connectivity index (χ3v) is 4.13. The van der Waals surface area contributed by atoms with Crippen LogP contribution in [0.25, 0.3) is 11.6 Å². The summed E-state index contributed by atoms with van der Waals surface area (Å²) >= 11 is 6.13. The molecule has 0 radical (unpaired) electrons. The molecule has 0 aliphatic carbocycles. The van der Waals surface area contributed by atoms with Crippen molar-refractivity contribution in [1.82, 2.24) is 0 Å². The van der Waals surface area contributed by atoms with Gasteiger partial charge in [0.1, 0.15) is 12.2 Å². The molecule has 0 aliphatic heterocycles. The molecule has 0 amide bonds. The quantitative estimate of drug-likeness (QED) is 0.203. The fourth-order valence-electron chi connectivity index (χ4n) is 2.41. The highest BCUT2D eigenvalue weighted by atomic mass is 35.5. The Labute approximate surface area is 169 Å². The molecule has 0 saturated heterocycles. The highest BCUT2D eigenvalue weighted by molar-refractivity contribution is 6.32. The van der Waals surface area contributed by atoms with Crippen LogP contribution >= 0.6 is 11.6 Å². The summed E-state index contributed by atoms with van der Waals surface area (Å²) in [6.45, 7) is 2.01. The summed E-state index contributed by atoms with van der Waals surface area (Å²) in [6.07, 6.45) is 5.04. The van der Waals surface area contributed by atoms with Crippen molar-refractivity contribution in [1.29, 1.82) is 0 Å². The van der Waals surface area contributed by atoms with Crippen molar-refractivity contribution in [3.05, 3.63) is 82.6 Å². The fraction of sp³-hybridized carbons (Fsp3) is 0.182. The molecule has 0 aromatic heterocycles. The molecule has 2 aromatic carbocycles. The number of carbonyl (C=O) groups is 1. The van der Waals surface area contributed by atoms with Gasteiger partial charge < -0.3 is 14.3 Å². The van der Waals surface area contributed by atoms with Gasteiger partial charge in [-0.2, -0.15) is 0 Å². The Bertz CT molecular complexity index is 903. The second kappa shape index (κ2) is 10.9. The molecule has 2 aromatic rings. The summed E-state index contributed by atoms with van der Waals surface area (Å²) in [4.78, 5) is 17.5. The van der Waals surface area contributed by atoms with Crippen LogP contribution in [0.3, 0.4) is 0 Å². The van der Waals surface area contributed by atoms with Crippen LogP contribution < -0.4 is 0 Å². The first-order chi connectivity index (χ1) is 13.6. The Morgan fingerprint density at radius 1 is 1.11 bits per heavy atom. The number of benzene rings is 2. The molecule has 0 fully saturated rings. The third-order valence-electron chi connectivity index (χ3n) is 3.79. The lowest BCUT2D eigenvalue weighted by Gasteiger charge is -2.10. The van der Waals surface area contributed by atoms with Gasteiger partial charge in [-0.3, -0.25) is 0 Å². The molecular formula is C22H22ClNO4. The number of methoxy groups -OCH3 is 2. The van der Waals surface area contributed by atoms with Gasteiger partial charge in [-0.1, -0.05) is 65.3 Å². The van der Waals surface area contributed by atoms with Gasteiger partial charge in [-0.15, -0.1) is 0 Å². The van der Waals surface area contributed by atoms with E-state index in [1.54, 1.807) is 6.07 Å². The van der Waals surface area contributed by atoms with Crippen LogP contribution in [0.15, 0.2) is 66.0 Å². The molecule has 28 heavy (non-hydrogen) atoms. The minimum atomic E-state index is -0.489. The van der Waals surface area contributed by atoms with Gasteiger partial charge in [-0.05, 0) is 30.2 Å². The number of ether oxygens (including phenoxy) is 2. The Hall–Kier alpha value is -3.05. The largest absolute Gasteiger partial charge is 0.503 e. The van der Waals surface area contributed by atoms with Crippen LogP contribution in [0.5, 0.6) is 0 Å². The van der Waals surface area contributed by atoms with Gasteiger partial charge in [0.2, 0.25) is 0 Å². The van der Waals surface area contributed by atoms with E-state index < -0.39 is 5.97 Å². The van der Waals surface area contributed by atoms with E-state index >= 15 is 0 Å². The van der Waals surface area contributed by atoms with Crippen molar-refractivity contribution in [2.45, 2.75) is 13.5 Å². The van der Waals surface area contributed by atoms with Gasteiger partial charge in [0, 0.05) is 10.6 Å². The lowest BCUT2D eigenvalue weighted by atomic mass is 10.0. The molecule has 6 heteroatoms. The zero-order chi connectivity index (χ0) is 20.4. The molecular weight excluding hydrogens is 378 g/mol. The Morgan fingerprint density at radius 2 is 1.82 bits per heavy atom. The summed E-state index contributed by atoms with van der Waals surface area (Å²) in [6, 6.07) is 14.9. The Morgan fingerprint density at radius 3 is 2.54 bits per heavy atom. The number of hydrogen-bond acceptors (Lipinski definition) is 5. The summed E-state index contributed by atoms with van der Waals surface area (Å²) in [5.41, 5.74) is 3.33. The maximum absolute atomic E-state index is 12.0. The maximum atomic E-state index is 12.0. The zero-order valence-electron chi connectivity index (χ0n) is 16.0. The minimum Gasteiger partial charge on any atom is -0.503 e. The normalized spacial score (nSPS) is 12.1. The molecule has 0 saturated carbocycles. The summed E-state index contributed by atoms with van der Waals surface area (Å²) in [7, 11) is 2.80. The van der Waals surface area contributed by atoms with E-state index in [2.05, 4.69) is 5.16 Å². The molecule has 0 spiro atoms. The van der Waals surface area contributed by atoms with Crippen molar-refractivity contribution in [3.8, 4) is 0 Å². The summed E-state index contributed by atoms with van der Waals surface area (Å²) in [5.74, 6) is -0.489. The molecule has 0 bridgehead atoms. The molecule has 0 atom stereocenters. The minimum absolute atomic E-state index is 0.186. The molecule has 146 valence electrons. The predicted octanol–water partition coefficient (Wildman–Crippen LogP) is 5.11. The molecule has 2 rings (SSSR count). The van der Waals surface area contributed by atoms with Crippen LogP contribution in [0, 0.1) is 0 Å². The number of nitrogens with zero attached hydrogens (tertiary/aromatic N) is 1. The number of rotatable bonds is 8. The number of oxime groups is 1. The van der Waals surface area contributed by atoms with Gasteiger partial charge in [0.05, 0.1) is 26.2 Å². The van der Waals surface area contributed by atoms with E-state index in [1.807, 2.05) is 61.5 Å². The zero-order valence-corrected chi connectivity index (χ0v) is 16.8. The van der Waals surface area contributed by atoms with Crippen LogP contribution in [0.4, 0.5) is 0 Å². The van der Waals surface area contributed by atoms with Crippen LogP contribution in [-0.4, -0.2) is 25.9 Å². The van der Waals surface area contributed by atoms with Gasteiger partial charge >= 0.3 is 5.97 Å². The van der Waals surface area contributed by atoms with Gasteiger partial charge in [0.25, 0.3) is 0 Å². The van der Waals surface area contributed by atoms with Crippen molar-refractivity contribution >= 4 is 34.9 Å². The van der Waals surface area contributed by atoms with E-state index in [-0.39, 0.29) is 6.61 Å². The predicted molar refractivity (Wildman–Crippen MR) is 112 cm³/mol. The standard InChI is InChI=1S/C22H22ClNO4/c1-16(12-13-17-8-5-7-11-21(17)23)24-28-14-18-9-4-6-10-19(18)20(15-26-2)22(25)27-3/h4-13,15H,14H2,1-3H3. The second-order valence-electron chi connectivity index (χ2n) is 5.78. The molecule has 0 unspecified atom stereocenters. The number of hydrogen-bond donors (Lipinski definition) is 0. The average Bonchev–Trinajstić information content (AvgIpc) is 2.71. The molecule has 0 N–H and O–H groups in total. The van der Waals surface area contributed by atoms with E-state index in [1.165, 1.54) is 20.5 Å². The topological polar surface area (TPSA) is 57.1 Å². The number of carbonyl (C=O) groups excluding carboxylic acids is 1. The third kappa shape index (κ3) is 5.99. The molecule has 0 heterocycles. The van der Waals surface area contributed by atoms with E-state index in [0.29, 0.717) is 21.9 Å². The molecule has 0 aliphatic rings. The second-order valence-corrected chi connectivity index (χ2v) is 6.18. The smallest absolute Gasteiger partial charge is 0.341 e. The van der Waals surface area contributed by atoms with Gasteiger partial charge in [0.15, 0.2) is 0 Å². The van der Waals surface area contributed by atoms with Crippen molar-refractivity contribution in [2.24, 2.45) is 5.16 Å². The van der Waals surface area contributed by atoms with Crippen molar-refractivity contribution in [2.75, 3.05) is 14.2 Å². The van der Waals surface area contributed by atoms with E-state index in [0.717, 1.165) is 11.1 Å². The van der Waals surface area contributed by atoms with Crippen molar-refractivity contribution in [3.63, 3.8) is 0 Å². The monoisotopic (exact) mass is 399 g/mol. The van der Waals surface area contributed by atoms with Crippen molar-refractivity contribution < 1.29 is 19.1 Å². The fourth-order valence-corrected chi connectivity index (χ4v) is 2.61. The SMILES string of the molecule is COC=C(C(=O)OC)c1ccccc1CON=C(C)C=Cc1ccccc1Cl. The first kappa shape index (κ1) is 21.3. The average molecular weight is 400 g/mol. The Balaban J connectivity index is 2.10. The highest BCUT2D eigenvalue weighted by Crippen LogP contribution is 2.22. The van der Waals surface area contributed by atoms with Gasteiger partial charge in [-0.25, -0.2) is 4.79 Å². The lowest BCUT2D eigenvalue weighted by Crippen LogP contribution is -2.07. The lowest BCUT2D eigenvalue weighted by molar-refractivity contribution is -0.133. The summed E-state index contributed by atoms with van der Waals surface area (Å²) in [5, 5.41) is 4.76. The van der Waals surface area contributed by atoms with Crippen LogP contribution in [0.2, 0.25) is 5.02 Å². The van der Waals surface area contributed by atoms with E-state index in [9.17, 15) is 4.79 Å². The highest BCUT2D eigenvalue weighted by Gasteiger charge is 2.16.